The molecule has 2 rings (SSSR count). The lowest BCUT2D eigenvalue weighted by Crippen LogP contribution is -2.27. The van der Waals surface area contributed by atoms with Gasteiger partial charge in [0.25, 0.3) is 11.8 Å². The number of carbonyl (C=O) groups excluding carboxylic acids is 3. The number of esters is 1. The SMILES string of the molecule is O=C(COC(=O)CCNC(=O)c1ccco1)Nc1ccc(Cl)cc1Cl. The second kappa shape index (κ2) is 9.10. The maximum Gasteiger partial charge on any atom is 0.308 e. The third-order valence-electron chi connectivity index (χ3n) is 2.93. The van der Waals surface area contributed by atoms with Gasteiger partial charge in [0.1, 0.15) is 0 Å². The van der Waals surface area contributed by atoms with E-state index < -0.39 is 24.4 Å². The van der Waals surface area contributed by atoms with Gasteiger partial charge in [-0.25, -0.2) is 0 Å². The average Bonchev–Trinajstić information content (AvgIpc) is 3.10. The first-order valence-corrected chi connectivity index (χ1v) is 7.93. The summed E-state index contributed by atoms with van der Waals surface area (Å²) in [7, 11) is 0. The number of hydrogen-bond donors (Lipinski definition) is 2. The molecule has 0 aliphatic rings. The number of furan rings is 1. The van der Waals surface area contributed by atoms with E-state index in [1.807, 2.05) is 0 Å². The number of halogens is 2. The molecule has 0 fully saturated rings. The Morgan fingerprint density at radius 1 is 1.16 bits per heavy atom. The van der Waals surface area contributed by atoms with Crippen molar-refractivity contribution >= 4 is 46.7 Å². The fraction of sp³-hybridized carbons (Fsp3) is 0.188. The van der Waals surface area contributed by atoms with E-state index in [4.69, 9.17) is 32.4 Å². The van der Waals surface area contributed by atoms with Crippen LogP contribution in [0.15, 0.2) is 41.0 Å². The highest BCUT2D eigenvalue weighted by molar-refractivity contribution is 6.36. The molecule has 132 valence electrons. The lowest BCUT2D eigenvalue weighted by molar-refractivity contribution is -0.147. The molecule has 0 saturated heterocycles. The number of amides is 2. The first-order valence-electron chi connectivity index (χ1n) is 7.18. The number of anilines is 1. The van der Waals surface area contributed by atoms with E-state index in [0.29, 0.717) is 10.7 Å². The first kappa shape index (κ1) is 18.8. The minimum absolute atomic E-state index is 0.0585. The van der Waals surface area contributed by atoms with Crippen LogP contribution in [0.3, 0.4) is 0 Å². The van der Waals surface area contributed by atoms with E-state index in [2.05, 4.69) is 10.6 Å². The second-order valence-electron chi connectivity index (χ2n) is 4.82. The molecule has 0 atom stereocenters. The summed E-state index contributed by atoms with van der Waals surface area (Å²) < 4.78 is 9.72. The molecule has 1 aromatic heterocycles. The van der Waals surface area contributed by atoms with Crippen molar-refractivity contribution in [3.63, 3.8) is 0 Å². The van der Waals surface area contributed by atoms with Crippen molar-refractivity contribution in [1.82, 2.24) is 5.32 Å². The van der Waals surface area contributed by atoms with Crippen LogP contribution in [0.5, 0.6) is 0 Å². The van der Waals surface area contributed by atoms with Gasteiger partial charge in [0, 0.05) is 11.6 Å². The van der Waals surface area contributed by atoms with Crippen LogP contribution in [0, 0.1) is 0 Å². The van der Waals surface area contributed by atoms with E-state index in [1.54, 1.807) is 12.1 Å². The molecule has 2 N–H and O–H groups in total. The molecule has 0 spiro atoms. The normalized spacial score (nSPS) is 10.2. The Hall–Kier alpha value is -2.51. The average molecular weight is 385 g/mol. The maximum absolute atomic E-state index is 11.7. The Morgan fingerprint density at radius 3 is 2.64 bits per heavy atom. The van der Waals surface area contributed by atoms with Crippen molar-refractivity contribution in [3.8, 4) is 0 Å². The number of benzene rings is 1. The quantitative estimate of drug-likeness (QED) is 0.715. The summed E-state index contributed by atoms with van der Waals surface area (Å²) in [6.45, 7) is -0.410. The fourth-order valence-electron chi connectivity index (χ4n) is 1.77. The maximum atomic E-state index is 11.7. The summed E-state index contributed by atoms with van der Waals surface area (Å²) in [5.74, 6) is -1.46. The Labute approximate surface area is 153 Å². The first-order chi connectivity index (χ1) is 12.0. The van der Waals surface area contributed by atoms with Gasteiger partial charge in [-0.15, -0.1) is 0 Å². The van der Waals surface area contributed by atoms with Gasteiger partial charge in [-0.1, -0.05) is 23.2 Å². The fourth-order valence-corrected chi connectivity index (χ4v) is 2.22. The van der Waals surface area contributed by atoms with Gasteiger partial charge < -0.3 is 19.8 Å². The number of hydrogen-bond acceptors (Lipinski definition) is 5. The highest BCUT2D eigenvalue weighted by Crippen LogP contribution is 2.25. The highest BCUT2D eigenvalue weighted by Gasteiger charge is 2.12. The number of rotatable bonds is 7. The number of ether oxygens (including phenoxy) is 1. The molecule has 0 aliphatic carbocycles. The zero-order valence-corrected chi connectivity index (χ0v) is 14.4. The molecule has 0 radical (unpaired) electrons. The van der Waals surface area contributed by atoms with Crippen LogP contribution in [0.2, 0.25) is 10.0 Å². The van der Waals surface area contributed by atoms with Crippen LogP contribution < -0.4 is 10.6 Å². The van der Waals surface area contributed by atoms with Crippen LogP contribution in [-0.2, 0) is 14.3 Å². The van der Waals surface area contributed by atoms with Crippen LogP contribution in [-0.4, -0.2) is 30.9 Å². The van der Waals surface area contributed by atoms with Crippen molar-refractivity contribution in [3.05, 3.63) is 52.4 Å². The summed E-state index contributed by atoms with van der Waals surface area (Å²) in [5.41, 5.74) is 0.359. The highest BCUT2D eigenvalue weighted by atomic mass is 35.5. The predicted octanol–water partition coefficient (Wildman–Crippen LogP) is 2.89. The topological polar surface area (TPSA) is 97.6 Å². The Bertz CT molecular complexity index is 762. The molecular weight excluding hydrogens is 371 g/mol. The molecule has 0 unspecified atom stereocenters. The summed E-state index contributed by atoms with van der Waals surface area (Å²) >= 11 is 11.7. The van der Waals surface area contributed by atoms with E-state index in [1.165, 1.54) is 24.5 Å². The smallest absolute Gasteiger partial charge is 0.308 e. The van der Waals surface area contributed by atoms with E-state index in [-0.39, 0.29) is 23.7 Å². The van der Waals surface area contributed by atoms with Crippen LogP contribution in [0.4, 0.5) is 5.69 Å². The zero-order valence-electron chi connectivity index (χ0n) is 12.9. The Morgan fingerprint density at radius 2 is 1.96 bits per heavy atom. The monoisotopic (exact) mass is 384 g/mol. The molecule has 2 amide bonds. The van der Waals surface area contributed by atoms with Gasteiger partial charge in [0.05, 0.1) is 23.4 Å². The van der Waals surface area contributed by atoms with Crippen LogP contribution in [0.25, 0.3) is 0 Å². The molecular formula is C16H14Cl2N2O5. The third kappa shape index (κ3) is 6.13. The number of nitrogens with one attached hydrogen (secondary N) is 2. The van der Waals surface area contributed by atoms with E-state index >= 15 is 0 Å². The molecule has 0 aliphatic heterocycles. The molecule has 25 heavy (non-hydrogen) atoms. The largest absolute Gasteiger partial charge is 0.459 e. The standard InChI is InChI=1S/C16H14Cl2N2O5/c17-10-3-4-12(11(18)8-10)20-14(21)9-25-15(22)5-6-19-16(23)13-2-1-7-24-13/h1-4,7-8H,5-6,9H2,(H,19,23)(H,20,21). The Balaban J connectivity index is 1.67. The molecule has 0 saturated carbocycles. The van der Waals surface area contributed by atoms with Crippen molar-refractivity contribution in [2.75, 3.05) is 18.5 Å². The van der Waals surface area contributed by atoms with Crippen molar-refractivity contribution < 1.29 is 23.5 Å². The van der Waals surface area contributed by atoms with E-state index in [0.717, 1.165) is 0 Å². The molecule has 7 nitrogen and oxygen atoms in total. The molecule has 1 aromatic carbocycles. The van der Waals surface area contributed by atoms with E-state index in [9.17, 15) is 14.4 Å². The number of carbonyl (C=O) groups is 3. The zero-order chi connectivity index (χ0) is 18.2. The van der Waals surface area contributed by atoms with Crippen molar-refractivity contribution in [2.24, 2.45) is 0 Å². The summed E-state index contributed by atoms with van der Waals surface area (Å²) in [6.07, 6.45) is 1.29. The minimum Gasteiger partial charge on any atom is -0.459 e. The van der Waals surface area contributed by atoms with Gasteiger partial charge in [-0.05, 0) is 30.3 Å². The van der Waals surface area contributed by atoms with Crippen LogP contribution >= 0.6 is 23.2 Å². The summed E-state index contributed by atoms with van der Waals surface area (Å²) in [6, 6.07) is 7.66. The van der Waals surface area contributed by atoms with Crippen LogP contribution in [0.1, 0.15) is 17.0 Å². The molecule has 0 bridgehead atoms. The van der Waals surface area contributed by atoms with Gasteiger partial charge >= 0.3 is 5.97 Å². The molecule has 9 heteroatoms. The van der Waals surface area contributed by atoms with Crippen molar-refractivity contribution in [2.45, 2.75) is 6.42 Å². The predicted molar refractivity (Wildman–Crippen MR) is 91.7 cm³/mol. The molecule has 2 aromatic rings. The molecule has 1 heterocycles. The lowest BCUT2D eigenvalue weighted by atomic mass is 10.3. The summed E-state index contributed by atoms with van der Waals surface area (Å²) in [5, 5.41) is 5.70. The van der Waals surface area contributed by atoms with Gasteiger partial charge in [0.2, 0.25) is 0 Å². The Kier molecular flexibility index (Phi) is 6.85. The van der Waals surface area contributed by atoms with Gasteiger partial charge in [0.15, 0.2) is 12.4 Å². The second-order valence-corrected chi connectivity index (χ2v) is 5.66. The minimum atomic E-state index is -0.628. The summed E-state index contributed by atoms with van der Waals surface area (Å²) in [4.78, 5) is 34.9. The van der Waals surface area contributed by atoms with Gasteiger partial charge in [-0.2, -0.15) is 0 Å². The van der Waals surface area contributed by atoms with Crippen molar-refractivity contribution in [1.29, 1.82) is 0 Å². The lowest BCUT2D eigenvalue weighted by Gasteiger charge is -2.08. The third-order valence-corrected chi connectivity index (χ3v) is 3.48. The van der Waals surface area contributed by atoms with Gasteiger partial charge in [-0.3, -0.25) is 14.4 Å².